The Morgan fingerprint density at radius 3 is 2.66 bits per heavy atom. The second-order valence-electron chi connectivity index (χ2n) is 11.0. The highest BCUT2D eigenvalue weighted by molar-refractivity contribution is 6.29. The lowest BCUT2D eigenvalue weighted by molar-refractivity contribution is -0.0279. The average molecular weight is 543 g/mol. The molecule has 0 unspecified atom stereocenters. The van der Waals surface area contributed by atoms with E-state index in [0.29, 0.717) is 41.9 Å². The minimum atomic E-state index is -1.35. The van der Waals surface area contributed by atoms with E-state index >= 15 is 4.39 Å². The van der Waals surface area contributed by atoms with E-state index in [-0.39, 0.29) is 28.3 Å². The maximum atomic E-state index is 15.3. The minimum Gasteiger partial charge on any atom is -0.443 e. The van der Waals surface area contributed by atoms with E-state index in [0.717, 1.165) is 38.5 Å². The van der Waals surface area contributed by atoms with Gasteiger partial charge in [-0.2, -0.15) is 5.10 Å². The molecule has 4 aliphatic rings. The van der Waals surface area contributed by atoms with Crippen LogP contribution >= 0.6 is 11.6 Å². The van der Waals surface area contributed by atoms with Crippen LogP contribution in [0.4, 0.5) is 21.0 Å². The van der Waals surface area contributed by atoms with E-state index in [9.17, 15) is 9.59 Å². The maximum Gasteiger partial charge on any atom is 0.407 e. The molecule has 3 heterocycles. The summed E-state index contributed by atoms with van der Waals surface area (Å²) in [4.78, 5) is 33.6. The molecule has 3 atom stereocenters. The molecule has 0 saturated heterocycles. The lowest BCUT2D eigenvalue weighted by Crippen LogP contribution is -2.66. The molecule has 3 aromatic rings. The van der Waals surface area contributed by atoms with E-state index in [1.165, 1.54) is 0 Å². The molecule has 0 spiro atoms. The van der Waals surface area contributed by atoms with Gasteiger partial charge in [0.25, 0.3) is 5.91 Å². The fraction of sp³-hybridized carbons (Fsp3) is 0.560. The normalized spacial score (nSPS) is 29.7. The van der Waals surface area contributed by atoms with Crippen LogP contribution in [-0.4, -0.2) is 60.4 Å². The van der Waals surface area contributed by atoms with Crippen LogP contribution in [0.15, 0.2) is 18.3 Å². The van der Waals surface area contributed by atoms with Crippen molar-refractivity contribution in [1.82, 2.24) is 35.2 Å². The van der Waals surface area contributed by atoms with Crippen LogP contribution in [0.25, 0.3) is 5.65 Å². The van der Waals surface area contributed by atoms with Crippen molar-refractivity contribution < 1.29 is 18.7 Å². The predicted octanol–water partition coefficient (Wildman–Crippen LogP) is 3.99. The third-order valence-electron chi connectivity index (χ3n) is 8.58. The molecule has 0 bridgehead atoms. The fourth-order valence-corrected chi connectivity index (χ4v) is 6.16. The summed E-state index contributed by atoms with van der Waals surface area (Å²) in [6.07, 6.45) is 6.07. The molecule has 7 rings (SSSR count). The molecule has 4 saturated carbocycles. The number of alkyl halides is 1. The van der Waals surface area contributed by atoms with Crippen LogP contribution < -0.4 is 16.0 Å². The first kappa shape index (κ1) is 23.7. The lowest BCUT2D eigenvalue weighted by atomic mass is 9.53. The molecule has 4 N–H and O–H groups in total. The summed E-state index contributed by atoms with van der Waals surface area (Å²) in [5, 5.41) is 16.4. The Balaban J connectivity index is 1.02. The minimum absolute atomic E-state index is 0.109. The van der Waals surface area contributed by atoms with E-state index in [4.69, 9.17) is 16.3 Å². The number of hydrogen-bond donors (Lipinski definition) is 4. The van der Waals surface area contributed by atoms with Crippen molar-refractivity contribution in [3.05, 3.63) is 34.9 Å². The van der Waals surface area contributed by atoms with Crippen LogP contribution in [0.3, 0.4) is 0 Å². The molecular weight excluding hydrogens is 515 g/mol. The molecular formula is C25H28ClFN8O3. The number of halogens is 2. The van der Waals surface area contributed by atoms with Gasteiger partial charge in [0.1, 0.15) is 28.8 Å². The molecule has 2 amide bonds. The number of hydrogen-bond acceptors (Lipinski definition) is 7. The second kappa shape index (κ2) is 8.82. The highest BCUT2D eigenvalue weighted by Gasteiger charge is 2.55. The number of nitrogens with zero attached hydrogens (tertiary/aromatic N) is 4. The molecule has 4 aliphatic carbocycles. The highest BCUT2D eigenvalue weighted by atomic mass is 35.5. The second-order valence-corrected chi connectivity index (χ2v) is 11.4. The van der Waals surface area contributed by atoms with Crippen molar-refractivity contribution in [2.24, 2.45) is 5.92 Å². The molecule has 11 nitrogen and oxygen atoms in total. The smallest absolute Gasteiger partial charge is 0.407 e. The number of H-pyrrole nitrogens is 1. The molecule has 0 radical (unpaired) electrons. The zero-order valence-corrected chi connectivity index (χ0v) is 21.3. The predicted molar refractivity (Wildman–Crippen MR) is 135 cm³/mol. The fourth-order valence-electron chi connectivity index (χ4n) is 5.98. The van der Waals surface area contributed by atoms with Gasteiger partial charge in [-0.15, -0.1) is 0 Å². The van der Waals surface area contributed by atoms with Crippen molar-refractivity contribution in [2.75, 3.05) is 5.32 Å². The van der Waals surface area contributed by atoms with E-state index in [1.807, 2.05) is 0 Å². The number of alkyl carbamates (subject to hydrolysis) is 1. The third-order valence-corrected chi connectivity index (χ3v) is 8.77. The van der Waals surface area contributed by atoms with Crippen molar-refractivity contribution in [3.63, 3.8) is 0 Å². The Kier molecular flexibility index (Phi) is 5.50. The molecule has 200 valence electrons. The van der Waals surface area contributed by atoms with Gasteiger partial charge in [-0.05, 0) is 57.3 Å². The number of anilines is 2. The summed E-state index contributed by atoms with van der Waals surface area (Å²) >= 11 is 6.19. The molecule has 0 aromatic carbocycles. The van der Waals surface area contributed by atoms with E-state index in [2.05, 4.69) is 36.1 Å². The number of imidazole rings is 1. The number of fused-ring (bicyclic) bond motifs is 2. The quantitative estimate of drug-likeness (QED) is 0.331. The topological polar surface area (TPSA) is 138 Å². The Labute approximate surface area is 222 Å². The van der Waals surface area contributed by atoms with Crippen LogP contribution in [0, 0.1) is 5.92 Å². The summed E-state index contributed by atoms with van der Waals surface area (Å²) in [6.45, 7) is 0. The molecule has 4 fully saturated rings. The molecule has 38 heavy (non-hydrogen) atoms. The monoisotopic (exact) mass is 542 g/mol. The number of aromatic nitrogens is 5. The number of ether oxygens (including phenoxy) is 1. The van der Waals surface area contributed by atoms with Crippen molar-refractivity contribution in [2.45, 2.75) is 81.1 Å². The van der Waals surface area contributed by atoms with Gasteiger partial charge in [-0.1, -0.05) is 11.6 Å². The van der Waals surface area contributed by atoms with Gasteiger partial charge >= 0.3 is 6.09 Å². The SMILES string of the molecule is O=C(NC12CCC1CC2)O[C@H]1CC[C@@H](c2cc(Nc3nc(Cl)cc4nc(C(=O)NC5CC5)cn34)n[nH]2)[C@H]1F. The number of nitrogens with one attached hydrogen (secondary N) is 4. The van der Waals surface area contributed by atoms with Crippen LogP contribution in [0.2, 0.25) is 5.15 Å². The number of carbonyl (C=O) groups excluding carboxylic acids is 2. The number of amides is 2. The Morgan fingerprint density at radius 2 is 1.95 bits per heavy atom. The summed E-state index contributed by atoms with van der Waals surface area (Å²) < 4.78 is 22.5. The van der Waals surface area contributed by atoms with Crippen molar-refractivity contribution in [1.29, 1.82) is 0 Å². The standard InChI is InChI=1S/C25H28ClFN8O3/c26-18-10-20-29-16(22(36)28-13-1-2-13)11-35(20)23(30-18)31-19-9-15(33-34-19)14-3-4-17(21(14)27)38-24(37)32-25-7-5-12(25)6-8-25/h9-14,17,21H,1-8H2,(H,28,36)(H,32,37)(H2,30,31,33,34)/t12?,14-,17-,21+,25?/m0/s1. The molecule has 13 heteroatoms. The van der Waals surface area contributed by atoms with Gasteiger partial charge in [0.2, 0.25) is 5.95 Å². The highest BCUT2D eigenvalue weighted by Crippen LogP contribution is 2.53. The van der Waals surface area contributed by atoms with E-state index < -0.39 is 24.3 Å². The van der Waals surface area contributed by atoms with Gasteiger partial charge in [-0.25, -0.2) is 19.2 Å². The first-order valence-electron chi connectivity index (χ1n) is 13.2. The van der Waals surface area contributed by atoms with Crippen LogP contribution in [0.5, 0.6) is 0 Å². The lowest BCUT2D eigenvalue weighted by Gasteiger charge is -2.58. The van der Waals surface area contributed by atoms with E-state index in [1.54, 1.807) is 22.7 Å². The number of carbonyl (C=O) groups is 2. The zero-order chi connectivity index (χ0) is 26.0. The third kappa shape index (κ3) is 4.14. The number of rotatable bonds is 7. The number of aromatic amines is 1. The first-order chi connectivity index (χ1) is 18.4. The van der Waals surface area contributed by atoms with Crippen LogP contribution in [-0.2, 0) is 4.74 Å². The average Bonchev–Trinajstić information content (AvgIpc) is 3.23. The molecule has 0 aliphatic heterocycles. The Hall–Kier alpha value is -3.41. The van der Waals surface area contributed by atoms with Gasteiger partial charge in [0.05, 0.1) is 0 Å². The zero-order valence-electron chi connectivity index (χ0n) is 20.5. The van der Waals surface area contributed by atoms with Crippen LogP contribution in [0.1, 0.15) is 73.5 Å². The van der Waals surface area contributed by atoms with Crippen molar-refractivity contribution in [3.8, 4) is 0 Å². The summed E-state index contributed by atoms with van der Waals surface area (Å²) in [6, 6.07) is 3.48. The summed E-state index contributed by atoms with van der Waals surface area (Å²) in [5.41, 5.74) is 1.20. The molecule has 3 aromatic heterocycles. The summed E-state index contributed by atoms with van der Waals surface area (Å²) in [5.74, 6) is 0.540. The Morgan fingerprint density at radius 1 is 1.13 bits per heavy atom. The van der Waals surface area contributed by atoms with Gasteiger partial charge in [-0.3, -0.25) is 14.3 Å². The van der Waals surface area contributed by atoms with Crippen molar-refractivity contribution >= 4 is 41.0 Å². The largest absolute Gasteiger partial charge is 0.443 e. The van der Waals surface area contributed by atoms with Gasteiger partial charge in [0, 0.05) is 41.5 Å². The van der Waals surface area contributed by atoms with Gasteiger partial charge < -0.3 is 20.7 Å². The first-order valence-corrected chi connectivity index (χ1v) is 13.6. The Bertz CT molecular complexity index is 1410. The summed E-state index contributed by atoms with van der Waals surface area (Å²) in [7, 11) is 0. The maximum absolute atomic E-state index is 15.3. The van der Waals surface area contributed by atoms with Gasteiger partial charge in [0.15, 0.2) is 5.82 Å².